The van der Waals surface area contributed by atoms with E-state index in [4.69, 9.17) is 22.1 Å². The Labute approximate surface area is 102 Å². The summed E-state index contributed by atoms with van der Waals surface area (Å²) in [7, 11) is 0. The maximum Gasteiger partial charge on any atom is 0.203 e. The molecule has 1 heterocycles. The number of benzene rings is 1. The van der Waals surface area contributed by atoms with Gasteiger partial charge in [0, 0.05) is 5.02 Å². The Bertz CT molecular complexity index is 471. The fourth-order valence-electron chi connectivity index (χ4n) is 1.18. The van der Waals surface area contributed by atoms with Crippen LogP contribution >= 0.6 is 22.9 Å². The quantitative estimate of drug-likeness (QED) is 0.916. The largest absolute Gasteiger partial charge is 0.483 e. The lowest BCUT2D eigenvalue weighted by molar-refractivity contribution is 0.225. The van der Waals surface area contributed by atoms with Gasteiger partial charge < -0.3 is 10.5 Å². The number of rotatable bonds is 3. The number of nitrogen functional groups attached to an aromatic ring is 1. The molecule has 1 aromatic carbocycles. The summed E-state index contributed by atoms with van der Waals surface area (Å²) in [6, 6.07) is 7.17. The van der Waals surface area contributed by atoms with Gasteiger partial charge >= 0.3 is 0 Å². The van der Waals surface area contributed by atoms with E-state index in [0.29, 0.717) is 10.2 Å². The van der Waals surface area contributed by atoms with Gasteiger partial charge in [0.15, 0.2) is 5.01 Å². The molecule has 0 fully saturated rings. The first-order chi connectivity index (χ1) is 7.65. The number of hydrogen-bond acceptors (Lipinski definition) is 5. The number of nitrogens with two attached hydrogens (primary N) is 1. The minimum Gasteiger partial charge on any atom is -0.483 e. The second-order valence-corrected chi connectivity index (χ2v) is 4.67. The Hall–Kier alpha value is -1.33. The van der Waals surface area contributed by atoms with Gasteiger partial charge in [-0.2, -0.15) is 0 Å². The molecule has 1 atom stereocenters. The highest BCUT2D eigenvalue weighted by atomic mass is 35.5. The van der Waals surface area contributed by atoms with E-state index < -0.39 is 0 Å². The van der Waals surface area contributed by atoms with Crippen LogP contribution in [0.2, 0.25) is 5.02 Å². The van der Waals surface area contributed by atoms with E-state index in [9.17, 15) is 0 Å². The Kier molecular flexibility index (Phi) is 3.26. The molecule has 0 amide bonds. The van der Waals surface area contributed by atoms with E-state index in [1.807, 2.05) is 19.1 Å². The average molecular weight is 256 g/mol. The van der Waals surface area contributed by atoms with E-state index in [-0.39, 0.29) is 6.10 Å². The normalized spacial score (nSPS) is 12.4. The van der Waals surface area contributed by atoms with Crippen LogP contribution in [0.1, 0.15) is 18.0 Å². The fourth-order valence-corrected chi connectivity index (χ4v) is 1.90. The Morgan fingerprint density at radius 2 is 2.00 bits per heavy atom. The molecule has 1 unspecified atom stereocenters. The highest BCUT2D eigenvalue weighted by molar-refractivity contribution is 7.15. The summed E-state index contributed by atoms with van der Waals surface area (Å²) in [5.74, 6) is 0.741. The molecule has 1 aromatic heterocycles. The zero-order chi connectivity index (χ0) is 11.5. The van der Waals surface area contributed by atoms with Crippen molar-refractivity contribution in [2.45, 2.75) is 13.0 Å². The molecule has 16 heavy (non-hydrogen) atoms. The van der Waals surface area contributed by atoms with Gasteiger partial charge in [-0.15, -0.1) is 10.2 Å². The van der Waals surface area contributed by atoms with Crippen LogP contribution < -0.4 is 10.5 Å². The molecular weight excluding hydrogens is 246 g/mol. The second-order valence-electron chi connectivity index (χ2n) is 3.19. The first kappa shape index (κ1) is 11.2. The van der Waals surface area contributed by atoms with E-state index in [1.54, 1.807) is 12.1 Å². The number of hydrogen-bond donors (Lipinski definition) is 1. The minimum atomic E-state index is -0.170. The molecule has 2 N–H and O–H groups in total. The van der Waals surface area contributed by atoms with Gasteiger partial charge in [-0.1, -0.05) is 22.9 Å². The zero-order valence-electron chi connectivity index (χ0n) is 8.55. The van der Waals surface area contributed by atoms with Crippen molar-refractivity contribution in [2.75, 3.05) is 5.73 Å². The zero-order valence-corrected chi connectivity index (χ0v) is 10.1. The number of halogens is 1. The third-order valence-electron chi connectivity index (χ3n) is 1.93. The van der Waals surface area contributed by atoms with Crippen LogP contribution in [0.4, 0.5) is 5.13 Å². The van der Waals surface area contributed by atoms with Gasteiger partial charge in [-0.25, -0.2) is 0 Å². The summed E-state index contributed by atoms with van der Waals surface area (Å²) in [6.07, 6.45) is -0.170. The summed E-state index contributed by atoms with van der Waals surface area (Å²) < 4.78 is 5.66. The van der Waals surface area contributed by atoms with Crippen LogP contribution in [-0.4, -0.2) is 10.2 Å². The van der Waals surface area contributed by atoms with E-state index in [1.165, 1.54) is 11.3 Å². The standard InChI is InChI=1S/C10H10ClN3OS/c1-6(9-13-14-10(12)16-9)15-8-4-2-7(11)3-5-8/h2-6H,1H3,(H2,12,14). The van der Waals surface area contributed by atoms with Gasteiger partial charge in [0.1, 0.15) is 11.9 Å². The molecule has 84 valence electrons. The van der Waals surface area contributed by atoms with Gasteiger partial charge in [0.2, 0.25) is 5.13 Å². The van der Waals surface area contributed by atoms with E-state index in [0.717, 1.165) is 10.8 Å². The molecule has 0 aliphatic heterocycles. The average Bonchev–Trinajstić information content (AvgIpc) is 2.68. The predicted molar refractivity (Wildman–Crippen MR) is 64.8 cm³/mol. The maximum atomic E-state index is 5.78. The van der Waals surface area contributed by atoms with Crippen molar-refractivity contribution >= 4 is 28.1 Å². The summed E-state index contributed by atoms with van der Waals surface area (Å²) in [4.78, 5) is 0. The first-order valence-corrected chi connectivity index (χ1v) is 5.85. The molecule has 0 radical (unpaired) electrons. The third-order valence-corrected chi connectivity index (χ3v) is 3.10. The number of ether oxygens (including phenoxy) is 1. The number of anilines is 1. The summed E-state index contributed by atoms with van der Waals surface area (Å²) in [6.45, 7) is 1.90. The summed E-state index contributed by atoms with van der Waals surface area (Å²) in [5, 5.41) is 9.54. The van der Waals surface area contributed by atoms with Gasteiger partial charge in [0.25, 0.3) is 0 Å². The lowest BCUT2D eigenvalue weighted by Crippen LogP contribution is -2.02. The molecule has 2 aromatic rings. The van der Waals surface area contributed by atoms with Crippen LogP contribution in [0, 0.1) is 0 Å². The monoisotopic (exact) mass is 255 g/mol. The molecule has 2 rings (SSSR count). The molecule has 0 saturated heterocycles. The topological polar surface area (TPSA) is 61.0 Å². The van der Waals surface area contributed by atoms with Crippen LogP contribution in [0.15, 0.2) is 24.3 Å². The SMILES string of the molecule is CC(Oc1ccc(Cl)cc1)c1nnc(N)s1. The van der Waals surface area contributed by atoms with E-state index >= 15 is 0 Å². The third kappa shape index (κ3) is 2.62. The van der Waals surface area contributed by atoms with Gasteiger partial charge in [-0.05, 0) is 31.2 Å². The molecule has 4 nitrogen and oxygen atoms in total. The van der Waals surface area contributed by atoms with Crippen LogP contribution in [0.5, 0.6) is 5.75 Å². The van der Waals surface area contributed by atoms with E-state index in [2.05, 4.69) is 10.2 Å². The maximum absolute atomic E-state index is 5.78. The van der Waals surface area contributed by atoms with Crippen molar-refractivity contribution < 1.29 is 4.74 Å². The van der Waals surface area contributed by atoms with Crippen molar-refractivity contribution in [3.8, 4) is 5.75 Å². The van der Waals surface area contributed by atoms with Crippen LogP contribution in [0.25, 0.3) is 0 Å². The second kappa shape index (κ2) is 4.67. The summed E-state index contributed by atoms with van der Waals surface area (Å²) >= 11 is 7.10. The Morgan fingerprint density at radius 1 is 1.31 bits per heavy atom. The molecule has 0 saturated carbocycles. The smallest absolute Gasteiger partial charge is 0.203 e. The highest BCUT2D eigenvalue weighted by Crippen LogP contribution is 2.25. The molecule has 0 aliphatic carbocycles. The molecule has 0 bridgehead atoms. The van der Waals surface area contributed by atoms with Crippen LogP contribution in [0.3, 0.4) is 0 Å². The highest BCUT2D eigenvalue weighted by Gasteiger charge is 2.12. The number of nitrogens with zero attached hydrogens (tertiary/aromatic N) is 2. The van der Waals surface area contributed by atoms with Gasteiger partial charge in [0.05, 0.1) is 0 Å². The lowest BCUT2D eigenvalue weighted by Gasteiger charge is -2.11. The summed E-state index contributed by atoms with van der Waals surface area (Å²) in [5.41, 5.74) is 5.50. The van der Waals surface area contributed by atoms with Gasteiger partial charge in [-0.3, -0.25) is 0 Å². The van der Waals surface area contributed by atoms with Crippen molar-refractivity contribution in [3.63, 3.8) is 0 Å². The predicted octanol–water partition coefficient (Wildman–Crippen LogP) is 2.91. The molecular formula is C10H10ClN3OS. The van der Waals surface area contributed by atoms with Crippen molar-refractivity contribution in [3.05, 3.63) is 34.3 Å². The number of aromatic nitrogens is 2. The Morgan fingerprint density at radius 3 is 2.56 bits per heavy atom. The van der Waals surface area contributed by atoms with Crippen molar-refractivity contribution in [2.24, 2.45) is 0 Å². The lowest BCUT2D eigenvalue weighted by atomic mass is 10.3. The molecule has 0 spiro atoms. The molecule has 6 heteroatoms. The van der Waals surface area contributed by atoms with Crippen molar-refractivity contribution in [1.82, 2.24) is 10.2 Å². The first-order valence-electron chi connectivity index (χ1n) is 4.66. The van der Waals surface area contributed by atoms with Crippen molar-refractivity contribution in [1.29, 1.82) is 0 Å². The minimum absolute atomic E-state index is 0.170. The van der Waals surface area contributed by atoms with Crippen LogP contribution in [-0.2, 0) is 0 Å². The Balaban J connectivity index is 2.07. The molecule has 0 aliphatic rings. The fraction of sp³-hybridized carbons (Fsp3) is 0.200.